The van der Waals surface area contributed by atoms with Crippen molar-refractivity contribution < 1.29 is 5.11 Å². The molecule has 86 valence electrons. The zero-order valence-corrected chi connectivity index (χ0v) is 9.63. The van der Waals surface area contributed by atoms with E-state index in [0.29, 0.717) is 6.42 Å². The van der Waals surface area contributed by atoms with Gasteiger partial charge in [-0.15, -0.1) is 0 Å². The Kier molecular flexibility index (Phi) is 2.45. The zero-order chi connectivity index (χ0) is 11.7. The standard InChI is InChI=1S/C15H15NO/c17-15(14-6-3-9-16-11-14)8-7-12-4-1-2-5-13(12)10-15/h1-6,9,11,17H,7-8,10H2. The van der Waals surface area contributed by atoms with Gasteiger partial charge in [0.1, 0.15) is 0 Å². The van der Waals surface area contributed by atoms with E-state index in [-0.39, 0.29) is 0 Å². The Labute approximate surface area is 101 Å². The van der Waals surface area contributed by atoms with Gasteiger partial charge in [0.25, 0.3) is 0 Å². The van der Waals surface area contributed by atoms with Gasteiger partial charge < -0.3 is 5.11 Å². The summed E-state index contributed by atoms with van der Waals surface area (Å²) >= 11 is 0. The number of hydrogen-bond acceptors (Lipinski definition) is 2. The van der Waals surface area contributed by atoms with Crippen LogP contribution < -0.4 is 0 Å². The molecule has 1 atom stereocenters. The lowest BCUT2D eigenvalue weighted by Crippen LogP contribution is -2.33. The Balaban J connectivity index is 1.98. The summed E-state index contributed by atoms with van der Waals surface area (Å²) in [5, 5.41) is 10.7. The summed E-state index contributed by atoms with van der Waals surface area (Å²) in [5.74, 6) is 0. The van der Waals surface area contributed by atoms with Crippen LogP contribution in [0.3, 0.4) is 0 Å². The largest absolute Gasteiger partial charge is 0.385 e. The van der Waals surface area contributed by atoms with Crippen LogP contribution in [0.1, 0.15) is 23.1 Å². The lowest BCUT2D eigenvalue weighted by atomic mass is 9.77. The van der Waals surface area contributed by atoms with Crippen LogP contribution in [0.15, 0.2) is 48.8 Å². The van der Waals surface area contributed by atoms with E-state index >= 15 is 0 Å². The fourth-order valence-electron chi connectivity index (χ4n) is 2.60. The van der Waals surface area contributed by atoms with E-state index in [9.17, 15) is 5.11 Å². The van der Waals surface area contributed by atoms with E-state index in [1.54, 1.807) is 12.4 Å². The third-order valence-corrected chi connectivity index (χ3v) is 3.61. The van der Waals surface area contributed by atoms with Gasteiger partial charge in [0.2, 0.25) is 0 Å². The molecule has 17 heavy (non-hydrogen) atoms. The van der Waals surface area contributed by atoms with Crippen LogP contribution in [0.2, 0.25) is 0 Å². The zero-order valence-electron chi connectivity index (χ0n) is 9.63. The first-order valence-electron chi connectivity index (χ1n) is 5.98. The molecule has 0 bridgehead atoms. The molecule has 3 rings (SSSR count). The molecule has 2 aromatic rings. The number of aliphatic hydroxyl groups is 1. The number of benzene rings is 1. The molecular formula is C15H15NO. The second kappa shape index (κ2) is 3.97. The number of pyridine rings is 1. The van der Waals surface area contributed by atoms with Gasteiger partial charge in [-0.2, -0.15) is 0 Å². The summed E-state index contributed by atoms with van der Waals surface area (Å²) in [5.41, 5.74) is 2.79. The fraction of sp³-hybridized carbons (Fsp3) is 0.267. The summed E-state index contributed by atoms with van der Waals surface area (Å²) in [4.78, 5) is 4.10. The van der Waals surface area contributed by atoms with Crippen LogP contribution >= 0.6 is 0 Å². The normalized spacial score (nSPS) is 23.1. The summed E-state index contributed by atoms with van der Waals surface area (Å²) in [6.45, 7) is 0. The SMILES string of the molecule is OC1(c2cccnc2)CCc2ccccc2C1. The Morgan fingerprint density at radius 2 is 1.88 bits per heavy atom. The van der Waals surface area contributed by atoms with Crippen molar-refractivity contribution in [3.63, 3.8) is 0 Å². The van der Waals surface area contributed by atoms with E-state index in [1.165, 1.54) is 11.1 Å². The van der Waals surface area contributed by atoms with E-state index in [0.717, 1.165) is 18.4 Å². The Hall–Kier alpha value is -1.67. The monoisotopic (exact) mass is 225 g/mol. The van der Waals surface area contributed by atoms with Crippen molar-refractivity contribution in [2.45, 2.75) is 24.9 Å². The molecule has 0 radical (unpaired) electrons. The predicted molar refractivity (Wildman–Crippen MR) is 66.6 cm³/mol. The van der Waals surface area contributed by atoms with Crippen LogP contribution in [0.25, 0.3) is 0 Å². The summed E-state index contributed by atoms with van der Waals surface area (Å²) in [7, 11) is 0. The third-order valence-electron chi connectivity index (χ3n) is 3.61. The highest BCUT2D eigenvalue weighted by atomic mass is 16.3. The van der Waals surface area contributed by atoms with E-state index in [4.69, 9.17) is 0 Å². The fourth-order valence-corrected chi connectivity index (χ4v) is 2.60. The molecule has 0 amide bonds. The lowest BCUT2D eigenvalue weighted by molar-refractivity contribution is 0.0219. The predicted octanol–water partition coefficient (Wildman–Crippen LogP) is 2.46. The minimum atomic E-state index is -0.747. The maximum atomic E-state index is 10.7. The number of aryl methyl sites for hydroxylation is 1. The van der Waals surface area contributed by atoms with Crippen LogP contribution in [0.5, 0.6) is 0 Å². The first-order valence-corrected chi connectivity index (χ1v) is 5.98. The van der Waals surface area contributed by atoms with E-state index < -0.39 is 5.60 Å². The number of hydrogen-bond donors (Lipinski definition) is 1. The average Bonchev–Trinajstić information content (AvgIpc) is 2.40. The molecule has 0 saturated heterocycles. The molecule has 0 aliphatic heterocycles. The quantitative estimate of drug-likeness (QED) is 0.808. The second-order valence-electron chi connectivity index (χ2n) is 4.72. The van der Waals surface area contributed by atoms with Gasteiger partial charge in [0.15, 0.2) is 0 Å². The molecule has 1 aromatic carbocycles. The topological polar surface area (TPSA) is 33.1 Å². The Morgan fingerprint density at radius 3 is 2.65 bits per heavy atom. The van der Waals surface area contributed by atoms with Crippen LogP contribution in [0, 0.1) is 0 Å². The highest BCUT2D eigenvalue weighted by Crippen LogP contribution is 2.35. The number of rotatable bonds is 1. The van der Waals surface area contributed by atoms with E-state index in [2.05, 4.69) is 23.2 Å². The molecule has 0 fully saturated rings. The molecule has 1 heterocycles. The van der Waals surface area contributed by atoms with Crippen molar-refractivity contribution in [2.75, 3.05) is 0 Å². The molecule has 0 saturated carbocycles. The summed E-state index contributed by atoms with van der Waals surface area (Å²) in [6, 6.07) is 12.2. The van der Waals surface area contributed by atoms with Crippen molar-refractivity contribution >= 4 is 0 Å². The molecule has 0 spiro atoms. The highest BCUT2D eigenvalue weighted by molar-refractivity contribution is 5.34. The lowest BCUT2D eigenvalue weighted by Gasteiger charge is -2.33. The smallest absolute Gasteiger partial charge is 0.0954 e. The van der Waals surface area contributed by atoms with Crippen LogP contribution in [-0.4, -0.2) is 10.1 Å². The maximum Gasteiger partial charge on any atom is 0.0954 e. The molecule has 2 nitrogen and oxygen atoms in total. The molecule has 2 heteroatoms. The third kappa shape index (κ3) is 1.85. The van der Waals surface area contributed by atoms with Gasteiger partial charge in [-0.25, -0.2) is 0 Å². The minimum Gasteiger partial charge on any atom is -0.385 e. The number of fused-ring (bicyclic) bond motifs is 1. The first-order chi connectivity index (χ1) is 8.28. The molecule has 1 unspecified atom stereocenters. The molecule has 1 aliphatic rings. The molecule has 1 N–H and O–H groups in total. The first kappa shape index (κ1) is 10.5. The van der Waals surface area contributed by atoms with Crippen molar-refractivity contribution in [3.05, 3.63) is 65.5 Å². The number of aromatic nitrogens is 1. The highest BCUT2D eigenvalue weighted by Gasteiger charge is 2.33. The van der Waals surface area contributed by atoms with Crippen LogP contribution in [0.4, 0.5) is 0 Å². The molecule has 1 aromatic heterocycles. The Morgan fingerprint density at radius 1 is 1.06 bits per heavy atom. The molecular weight excluding hydrogens is 210 g/mol. The van der Waals surface area contributed by atoms with Gasteiger partial charge in [0.05, 0.1) is 5.60 Å². The minimum absolute atomic E-state index is 0.689. The summed E-state index contributed by atoms with van der Waals surface area (Å²) in [6.07, 6.45) is 5.91. The summed E-state index contributed by atoms with van der Waals surface area (Å²) < 4.78 is 0. The second-order valence-corrected chi connectivity index (χ2v) is 4.72. The van der Waals surface area contributed by atoms with Gasteiger partial charge >= 0.3 is 0 Å². The number of nitrogens with zero attached hydrogens (tertiary/aromatic N) is 1. The van der Waals surface area contributed by atoms with Gasteiger partial charge in [-0.05, 0) is 30.0 Å². The van der Waals surface area contributed by atoms with Crippen molar-refractivity contribution in [1.29, 1.82) is 0 Å². The van der Waals surface area contributed by atoms with Gasteiger partial charge in [0, 0.05) is 24.4 Å². The van der Waals surface area contributed by atoms with Crippen molar-refractivity contribution in [3.8, 4) is 0 Å². The van der Waals surface area contributed by atoms with Gasteiger partial charge in [-0.3, -0.25) is 4.98 Å². The Bertz CT molecular complexity index is 523. The van der Waals surface area contributed by atoms with Crippen molar-refractivity contribution in [2.24, 2.45) is 0 Å². The van der Waals surface area contributed by atoms with Gasteiger partial charge in [-0.1, -0.05) is 30.3 Å². The average molecular weight is 225 g/mol. The molecule has 1 aliphatic carbocycles. The van der Waals surface area contributed by atoms with Crippen LogP contribution in [-0.2, 0) is 18.4 Å². The van der Waals surface area contributed by atoms with Crippen molar-refractivity contribution in [1.82, 2.24) is 4.98 Å². The van der Waals surface area contributed by atoms with E-state index in [1.807, 2.05) is 18.2 Å². The maximum absolute atomic E-state index is 10.7.